The summed E-state index contributed by atoms with van der Waals surface area (Å²) in [6.45, 7) is 6.00. The quantitative estimate of drug-likeness (QED) is 0.449. The van der Waals surface area contributed by atoms with Gasteiger partial charge in [-0.25, -0.2) is 0 Å². The van der Waals surface area contributed by atoms with E-state index in [0.29, 0.717) is 12.6 Å². The summed E-state index contributed by atoms with van der Waals surface area (Å²) in [6, 6.07) is 0.642. The molecule has 0 bridgehead atoms. The Labute approximate surface area is 125 Å². The van der Waals surface area contributed by atoms with Crippen molar-refractivity contribution in [1.29, 1.82) is 0 Å². The molecule has 1 N–H and O–H groups in total. The molecule has 21 heavy (non-hydrogen) atoms. The van der Waals surface area contributed by atoms with Gasteiger partial charge in [-0.3, -0.25) is 4.79 Å². The Balaban J connectivity index is 1.88. The summed E-state index contributed by atoms with van der Waals surface area (Å²) in [5.74, 6) is -0.297. The highest BCUT2D eigenvalue weighted by Crippen LogP contribution is 2.34. The lowest BCUT2D eigenvalue weighted by molar-refractivity contribution is -0.148. The Morgan fingerprint density at radius 2 is 1.95 bits per heavy atom. The van der Waals surface area contributed by atoms with Crippen molar-refractivity contribution in [3.05, 3.63) is 4.91 Å². The van der Waals surface area contributed by atoms with Gasteiger partial charge in [0.2, 0.25) is 0 Å². The topological polar surface area (TPSA) is 80.2 Å². The summed E-state index contributed by atoms with van der Waals surface area (Å²) in [5, 5.41) is 5.88. The molecule has 2 rings (SSSR count). The van der Waals surface area contributed by atoms with E-state index in [1.54, 1.807) is 0 Å². The zero-order valence-corrected chi connectivity index (χ0v) is 12.7. The van der Waals surface area contributed by atoms with Gasteiger partial charge in [-0.1, -0.05) is 0 Å². The third-order valence-corrected chi connectivity index (χ3v) is 4.69. The SMILES string of the molecule is CC(=O)OCC1(CON=O)CCN(C2CCNCC2)CC1. The number of carbonyl (C=O) groups is 1. The van der Waals surface area contributed by atoms with Gasteiger partial charge < -0.3 is 19.8 Å². The van der Waals surface area contributed by atoms with E-state index in [0.717, 1.165) is 39.0 Å². The summed E-state index contributed by atoms with van der Waals surface area (Å²) < 4.78 is 5.17. The lowest BCUT2D eigenvalue weighted by atomic mass is 9.79. The number of nitrogens with one attached hydrogen (secondary N) is 1. The molecule has 2 heterocycles. The Bertz CT molecular complexity index is 350. The lowest BCUT2D eigenvalue weighted by Crippen LogP contribution is -2.51. The molecule has 0 unspecified atom stereocenters. The van der Waals surface area contributed by atoms with Crippen LogP contribution < -0.4 is 5.32 Å². The van der Waals surface area contributed by atoms with E-state index in [-0.39, 0.29) is 18.0 Å². The van der Waals surface area contributed by atoms with Gasteiger partial charge >= 0.3 is 5.97 Å². The minimum atomic E-state index is -0.297. The van der Waals surface area contributed by atoms with Crippen molar-refractivity contribution < 1.29 is 14.4 Å². The van der Waals surface area contributed by atoms with E-state index >= 15 is 0 Å². The van der Waals surface area contributed by atoms with Crippen molar-refractivity contribution in [3.63, 3.8) is 0 Å². The highest BCUT2D eigenvalue weighted by atomic mass is 16.7. The van der Waals surface area contributed by atoms with Gasteiger partial charge in [-0.15, -0.1) is 4.91 Å². The van der Waals surface area contributed by atoms with Crippen LogP contribution in [-0.4, -0.2) is 56.3 Å². The zero-order valence-electron chi connectivity index (χ0n) is 12.7. The van der Waals surface area contributed by atoms with Crippen LogP contribution in [0.15, 0.2) is 5.34 Å². The molecule has 120 valence electrons. The molecule has 0 amide bonds. The van der Waals surface area contributed by atoms with E-state index in [4.69, 9.17) is 9.57 Å². The van der Waals surface area contributed by atoms with Crippen LogP contribution in [-0.2, 0) is 14.4 Å². The van der Waals surface area contributed by atoms with Crippen LogP contribution in [0, 0.1) is 10.3 Å². The van der Waals surface area contributed by atoms with Gasteiger partial charge in [0.1, 0.15) is 13.2 Å². The summed E-state index contributed by atoms with van der Waals surface area (Å²) in [4.78, 5) is 28.5. The number of carbonyl (C=O) groups excluding carboxylic acids is 1. The summed E-state index contributed by atoms with van der Waals surface area (Å²) in [5.41, 5.74) is -0.275. The second-order valence-corrected chi connectivity index (χ2v) is 6.15. The predicted octanol–water partition coefficient (Wildman–Crippen LogP) is 1.08. The number of ether oxygens (including phenoxy) is 1. The third-order valence-electron chi connectivity index (χ3n) is 4.69. The zero-order chi connectivity index (χ0) is 15.1. The fourth-order valence-corrected chi connectivity index (χ4v) is 3.28. The average molecular weight is 299 g/mol. The summed E-state index contributed by atoms with van der Waals surface area (Å²) >= 11 is 0. The maximum absolute atomic E-state index is 11.0. The van der Waals surface area contributed by atoms with Gasteiger partial charge in [-0.05, 0) is 51.9 Å². The van der Waals surface area contributed by atoms with Crippen molar-refractivity contribution in [2.24, 2.45) is 10.8 Å². The Morgan fingerprint density at radius 3 is 2.52 bits per heavy atom. The van der Waals surface area contributed by atoms with Gasteiger partial charge in [0, 0.05) is 18.4 Å². The van der Waals surface area contributed by atoms with Crippen LogP contribution >= 0.6 is 0 Å². The summed E-state index contributed by atoms with van der Waals surface area (Å²) in [7, 11) is 0. The molecule has 2 saturated heterocycles. The van der Waals surface area contributed by atoms with Crippen molar-refractivity contribution in [2.45, 2.75) is 38.6 Å². The Kier molecular flexibility index (Phi) is 5.93. The molecule has 2 aliphatic rings. The van der Waals surface area contributed by atoms with Gasteiger partial charge in [0.25, 0.3) is 0 Å². The van der Waals surface area contributed by atoms with Gasteiger partial charge in [0.15, 0.2) is 5.34 Å². The van der Waals surface area contributed by atoms with Gasteiger partial charge in [-0.2, -0.15) is 0 Å². The third kappa shape index (κ3) is 4.64. The molecular weight excluding hydrogens is 274 g/mol. The molecule has 2 fully saturated rings. The van der Waals surface area contributed by atoms with E-state index in [1.165, 1.54) is 19.8 Å². The monoisotopic (exact) mass is 299 g/mol. The van der Waals surface area contributed by atoms with Crippen molar-refractivity contribution >= 4 is 5.97 Å². The first kappa shape index (κ1) is 16.2. The molecule has 0 atom stereocenters. The van der Waals surface area contributed by atoms with Crippen molar-refractivity contribution in [1.82, 2.24) is 10.2 Å². The van der Waals surface area contributed by atoms with Crippen LogP contribution in [0.2, 0.25) is 0 Å². The minimum Gasteiger partial charge on any atom is -0.465 e. The van der Waals surface area contributed by atoms with Crippen molar-refractivity contribution in [3.8, 4) is 0 Å². The standard InChI is InChI=1S/C14H25N3O4/c1-12(18)20-10-14(11-21-16-19)4-8-17(9-5-14)13-2-6-15-7-3-13/h13,15H,2-11H2,1H3. The first-order valence-electron chi connectivity index (χ1n) is 7.68. The second kappa shape index (κ2) is 7.70. The molecule has 0 aromatic rings. The molecule has 0 aromatic heterocycles. The first-order valence-corrected chi connectivity index (χ1v) is 7.68. The molecule has 0 aromatic carbocycles. The molecule has 0 saturated carbocycles. The molecular formula is C14H25N3O4. The fourth-order valence-electron chi connectivity index (χ4n) is 3.28. The summed E-state index contributed by atoms with van der Waals surface area (Å²) in [6.07, 6.45) is 4.09. The van der Waals surface area contributed by atoms with Crippen LogP contribution in [0.4, 0.5) is 0 Å². The second-order valence-electron chi connectivity index (χ2n) is 6.15. The predicted molar refractivity (Wildman–Crippen MR) is 77.5 cm³/mol. The highest BCUT2D eigenvalue weighted by molar-refractivity contribution is 5.65. The number of piperidine rings is 2. The molecule has 7 nitrogen and oxygen atoms in total. The molecule has 0 radical (unpaired) electrons. The van der Waals surface area contributed by atoms with Gasteiger partial charge in [0.05, 0.1) is 0 Å². The fraction of sp³-hybridized carbons (Fsp3) is 0.929. The first-order chi connectivity index (χ1) is 10.2. The average Bonchev–Trinajstić information content (AvgIpc) is 2.53. The molecule has 2 aliphatic heterocycles. The van der Waals surface area contributed by atoms with E-state index in [2.05, 4.69) is 15.6 Å². The molecule has 0 aliphatic carbocycles. The lowest BCUT2D eigenvalue weighted by Gasteiger charge is -2.44. The minimum absolute atomic E-state index is 0.226. The highest BCUT2D eigenvalue weighted by Gasteiger charge is 2.38. The normalized spacial score (nSPS) is 23.5. The maximum Gasteiger partial charge on any atom is 0.302 e. The van der Waals surface area contributed by atoms with Crippen LogP contribution in [0.25, 0.3) is 0 Å². The number of nitrogens with zero attached hydrogens (tertiary/aromatic N) is 2. The number of likely N-dealkylation sites (tertiary alicyclic amines) is 1. The number of hydrogen-bond acceptors (Lipinski definition) is 7. The smallest absolute Gasteiger partial charge is 0.302 e. The maximum atomic E-state index is 11.0. The van der Waals surface area contributed by atoms with Crippen LogP contribution in [0.5, 0.6) is 0 Å². The number of rotatable bonds is 6. The van der Waals surface area contributed by atoms with Crippen LogP contribution in [0.1, 0.15) is 32.6 Å². The molecule has 0 spiro atoms. The molecule has 7 heteroatoms. The van der Waals surface area contributed by atoms with E-state index in [1.807, 2.05) is 0 Å². The van der Waals surface area contributed by atoms with E-state index in [9.17, 15) is 9.70 Å². The van der Waals surface area contributed by atoms with Crippen molar-refractivity contribution in [2.75, 3.05) is 39.4 Å². The van der Waals surface area contributed by atoms with E-state index < -0.39 is 0 Å². The largest absolute Gasteiger partial charge is 0.465 e. The Morgan fingerprint density at radius 1 is 1.29 bits per heavy atom. The Hall–Kier alpha value is -1.21. The number of esters is 1. The van der Waals surface area contributed by atoms with Crippen LogP contribution in [0.3, 0.4) is 0 Å². The number of hydrogen-bond donors (Lipinski definition) is 1.